The number of ether oxygens (including phenoxy) is 2. The molecule has 14 nitrogen and oxygen atoms in total. The highest BCUT2D eigenvalue weighted by Gasteiger charge is 2.57. The number of imidazole rings is 2. The van der Waals surface area contributed by atoms with Crippen molar-refractivity contribution in [3.63, 3.8) is 0 Å². The fraction of sp³-hybridized carbons (Fsp3) is 0.388. The molecular weight excluding hydrogens is 797 g/mol. The first-order valence-electron chi connectivity index (χ1n) is 22.0. The first-order chi connectivity index (χ1) is 30.5. The Bertz CT molecular complexity index is 2780. The molecule has 4 aliphatic rings. The SMILES string of the molecule is CC[C@H](NC(=O)OC)C(=O)N1C2CC2C[C@H]1c1ncc(-c2ccc3cc(-c4ccc5cc(-c6cnc([C@@H]7C[C@H]8CC8N7C(=O)[C@@H](NC(=O)OC)C(C)C)[nH]6)ccc5c4)ccc3c2)[nH]1. The topological polar surface area (TPSA) is 175 Å². The Morgan fingerprint density at radius 2 is 1.06 bits per heavy atom. The van der Waals surface area contributed by atoms with Crippen LogP contribution in [-0.2, 0) is 19.1 Å². The highest BCUT2D eigenvalue weighted by Crippen LogP contribution is 2.54. The molecule has 4 fully saturated rings. The second-order valence-corrected chi connectivity index (χ2v) is 18.0. The van der Waals surface area contributed by atoms with Crippen molar-refractivity contribution in [2.45, 2.75) is 89.1 Å². The van der Waals surface area contributed by atoms with Crippen molar-refractivity contribution in [1.82, 2.24) is 40.4 Å². The summed E-state index contributed by atoms with van der Waals surface area (Å²) >= 11 is 0. The molecule has 10 rings (SSSR count). The van der Waals surface area contributed by atoms with Crippen LogP contribution in [0.25, 0.3) is 55.2 Å². The Morgan fingerprint density at radius 1 is 0.635 bits per heavy atom. The lowest BCUT2D eigenvalue weighted by atomic mass is 9.97. The zero-order valence-corrected chi connectivity index (χ0v) is 36.1. The number of hydrogen-bond donors (Lipinski definition) is 4. The van der Waals surface area contributed by atoms with Crippen LogP contribution in [0.3, 0.4) is 0 Å². The number of nitrogens with zero attached hydrogens (tertiary/aromatic N) is 4. The minimum absolute atomic E-state index is 0.0929. The molecule has 4 amide bonds. The number of aromatic amines is 2. The van der Waals surface area contributed by atoms with Gasteiger partial charge in [0.1, 0.15) is 23.7 Å². The Balaban J connectivity index is 0.833. The van der Waals surface area contributed by atoms with Crippen LogP contribution in [0.1, 0.15) is 76.6 Å². The van der Waals surface area contributed by atoms with Crippen molar-refractivity contribution in [3.8, 4) is 33.6 Å². The lowest BCUT2D eigenvalue weighted by Crippen LogP contribution is -2.52. The van der Waals surface area contributed by atoms with Gasteiger partial charge in [0, 0.05) is 23.2 Å². The van der Waals surface area contributed by atoms with Gasteiger partial charge in [-0.2, -0.15) is 0 Å². The fourth-order valence-electron chi connectivity index (χ4n) is 10.1. The summed E-state index contributed by atoms with van der Waals surface area (Å²) in [6.45, 7) is 5.74. The maximum Gasteiger partial charge on any atom is 0.407 e. The van der Waals surface area contributed by atoms with E-state index in [1.165, 1.54) is 14.2 Å². The number of H-pyrrole nitrogens is 2. The zero-order chi connectivity index (χ0) is 43.7. The molecule has 4 heterocycles. The van der Waals surface area contributed by atoms with E-state index in [4.69, 9.17) is 19.4 Å². The molecule has 63 heavy (non-hydrogen) atoms. The van der Waals surface area contributed by atoms with Crippen LogP contribution in [-0.4, -0.2) is 92.1 Å². The summed E-state index contributed by atoms with van der Waals surface area (Å²) in [5.74, 6) is 2.14. The molecule has 2 aliphatic carbocycles. The quantitative estimate of drug-likeness (QED) is 0.101. The van der Waals surface area contributed by atoms with Gasteiger partial charge in [-0.25, -0.2) is 19.6 Å². The van der Waals surface area contributed by atoms with Crippen LogP contribution < -0.4 is 10.6 Å². The lowest BCUT2D eigenvalue weighted by molar-refractivity contribution is -0.137. The minimum atomic E-state index is -0.677. The van der Waals surface area contributed by atoms with Crippen molar-refractivity contribution >= 4 is 45.5 Å². The summed E-state index contributed by atoms with van der Waals surface area (Å²) in [4.78, 5) is 72.0. The second-order valence-electron chi connectivity index (χ2n) is 18.0. The van der Waals surface area contributed by atoms with Gasteiger partial charge in [-0.15, -0.1) is 0 Å². The van der Waals surface area contributed by atoms with E-state index in [2.05, 4.69) is 93.4 Å². The number of benzene rings is 4. The van der Waals surface area contributed by atoms with Crippen LogP contribution >= 0.6 is 0 Å². The van der Waals surface area contributed by atoms with Crippen molar-refractivity contribution < 1.29 is 28.7 Å². The number of carbonyl (C=O) groups excluding carboxylic acids is 4. The van der Waals surface area contributed by atoms with Crippen LogP contribution in [0.4, 0.5) is 9.59 Å². The normalized spacial score (nSPS) is 23.0. The average Bonchev–Trinajstić information content (AvgIpc) is 3.88. The fourth-order valence-corrected chi connectivity index (χ4v) is 10.1. The highest BCUT2D eigenvalue weighted by molar-refractivity contribution is 5.94. The smallest absolute Gasteiger partial charge is 0.407 e. The van der Waals surface area contributed by atoms with Crippen molar-refractivity contribution in [3.05, 3.63) is 96.8 Å². The highest BCUT2D eigenvalue weighted by atomic mass is 16.5. The molecule has 14 heteroatoms. The van der Waals surface area contributed by atoms with Gasteiger partial charge in [-0.1, -0.05) is 69.3 Å². The van der Waals surface area contributed by atoms with E-state index in [9.17, 15) is 19.2 Å². The maximum atomic E-state index is 13.9. The van der Waals surface area contributed by atoms with Gasteiger partial charge in [-0.05, 0) is 107 Å². The largest absolute Gasteiger partial charge is 0.453 e. The average molecular weight is 849 g/mol. The van der Waals surface area contributed by atoms with Crippen LogP contribution in [0.2, 0.25) is 0 Å². The van der Waals surface area contributed by atoms with Gasteiger partial charge in [0.2, 0.25) is 11.8 Å². The van der Waals surface area contributed by atoms with E-state index in [1.54, 1.807) is 0 Å². The summed E-state index contributed by atoms with van der Waals surface area (Å²) in [5, 5.41) is 9.91. The molecule has 4 N–H and O–H groups in total. The number of alkyl carbamates (subject to hydrolysis) is 2. The van der Waals surface area contributed by atoms with Crippen molar-refractivity contribution in [1.29, 1.82) is 0 Å². The second kappa shape index (κ2) is 15.9. The maximum absolute atomic E-state index is 13.9. The Kier molecular flexibility index (Phi) is 10.2. The molecule has 2 aliphatic heterocycles. The summed E-state index contributed by atoms with van der Waals surface area (Å²) in [6.07, 6.45) is 6.61. The molecule has 4 aromatic carbocycles. The van der Waals surface area contributed by atoms with E-state index in [0.717, 1.165) is 92.5 Å². The number of rotatable bonds is 11. The molecule has 6 aromatic rings. The number of likely N-dealkylation sites (tertiary alicyclic amines) is 2. The molecule has 0 bridgehead atoms. The number of aromatic nitrogens is 4. The van der Waals surface area contributed by atoms with E-state index in [0.29, 0.717) is 18.3 Å². The van der Waals surface area contributed by atoms with Crippen molar-refractivity contribution in [2.75, 3.05) is 14.2 Å². The summed E-state index contributed by atoms with van der Waals surface area (Å²) in [6, 6.07) is 24.5. The van der Waals surface area contributed by atoms with Gasteiger partial charge in [0.15, 0.2) is 0 Å². The lowest BCUT2D eigenvalue weighted by Gasteiger charge is -2.31. The number of hydrogen-bond acceptors (Lipinski definition) is 8. The van der Waals surface area contributed by atoms with Gasteiger partial charge in [0.25, 0.3) is 0 Å². The van der Waals surface area contributed by atoms with Crippen LogP contribution in [0, 0.1) is 17.8 Å². The standard InChI is InChI=1S/C49H52N8O6/c1-6-36(54-48(60)62-4)46(58)56-39-19-34(39)21-41(56)44-50-23-37(52-44)32-13-11-28-15-26(7-9-30(28)17-32)27-8-10-31-18-33(14-12-29(31)16-27)38-24-51-45(53-38)42-22-35-20-40(35)57(42)47(59)43(25(2)3)55-49(61)63-5/h7-18,23-25,34-36,39-43H,6,19-22H2,1-5H3,(H,50,52)(H,51,53)(H,54,60)(H,55,61)/t34?,35-,36+,39?,40?,41+,42+,43+/m1/s1. The Morgan fingerprint density at radius 3 is 1.51 bits per heavy atom. The third-order valence-electron chi connectivity index (χ3n) is 13.8. The number of piperidine rings is 2. The number of amides is 4. The van der Waals surface area contributed by atoms with E-state index in [1.807, 2.05) is 43.0 Å². The Labute approximate surface area is 365 Å². The van der Waals surface area contributed by atoms with E-state index < -0.39 is 24.3 Å². The number of fused-ring (bicyclic) bond motifs is 4. The van der Waals surface area contributed by atoms with Gasteiger partial charge in [-0.3, -0.25) is 9.59 Å². The Hall–Kier alpha value is -6.70. The first kappa shape index (κ1) is 40.4. The zero-order valence-electron chi connectivity index (χ0n) is 36.1. The molecule has 0 radical (unpaired) electrons. The van der Waals surface area contributed by atoms with Gasteiger partial charge >= 0.3 is 12.2 Å². The number of methoxy groups -OCH3 is 2. The molecule has 3 unspecified atom stereocenters. The third kappa shape index (κ3) is 7.44. The van der Waals surface area contributed by atoms with Crippen molar-refractivity contribution in [2.24, 2.45) is 17.8 Å². The predicted molar refractivity (Wildman–Crippen MR) is 238 cm³/mol. The van der Waals surface area contributed by atoms with Gasteiger partial charge < -0.3 is 39.9 Å². The molecule has 2 aromatic heterocycles. The summed E-state index contributed by atoms with van der Waals surface area (Å²) < 4.78 is 9.58. The molecule has 2 saturated carbocycles. The van der Waals surface area contributed by atoms with Crippen LogP contribution in [0.15, 0.2) is 85.2 Å². The number of carbonyl (C=O) groups is 4. The van der Waals surface area contributed by atoms with E-state index >= 15 is 0 Å². The van der Waals surface area contributed by atoms with Crippen LogP contribution in [0.5, 0.6) is 0 Å². The number of nitrogens with one attached hydrogen (secondary N) is 4. The molecule has 2 saturated heterocycles. The molecule has 8 atom stereocenters. The molecule has 324 valence electrons. The summed E-state index contributed by atoms with van der Waals surface area (Å²) in [5.41, 5.74) is 6.04. The predicted octanol–water partition coefficient (Wildman–Crippen LogP) is 8.28. The summed E-state index contributed by atoms with van der Waals surface area (Å²) in [7, 11) is 2.61. The third-order valence-corrected chi connectivity index (χ3v) is 13.8. The minimum Gasteiger partial charge on any atom is -0.453 e. The monoisotopic (exact) mass is 848 g/mol. The van der Waals surface area contributed by atoms with Gasteiger partial charge in [0.05, 0.1) is 50.1 Å². The molecular formula is C49H52N8O6. The van der Waals surface area contributed by atoms with E-state index in [-0.39, 0.29) is 41.9 Å². The first-order valence-corrected chi connectivity index (χ1v) is 22.0. The molecule has 0 spiro atoms.